The second-order valence-electron chi connectivity index (χ2n) is 4.20. The molecule has 0 bridgehead atoms. The largest absolute Gasteiger partial charge is 0.472 e. The van der Waals surface area contributed by atoms with E-state index in [1.807, 2.05) is 48.5 Å². The van der Waals surface area contributed by atoms with Gasteiger partial charge in [0.2, 0.25) is 5.90 Å². The van der Waals surface area contributed by atoms with Crippen LogP contribution in [0.25, 0.3) is 0 Å². The number of nitrogens with zero attached hydrogens (tertiary/aromatic N) is 1. The number of benzene rings is 2. The fraction of sp³-hybridized carbons (Fsp3) is 0.133. The highest BCUT2D eigenvalue weighted by Crippen LogP contribution is 2.26. The van der Waals surface area contributed by atoms with Gasteiger partial charge in [-0.3, -0.25) is 0 Å². The molecular formula is C15H14N2O. The van der Waals surface area contributed by atoms with Crippen molar-refractivity contribution in [3.8, 4) is 0 Å². The Labute approximate surface area is 106 Å². The molecule has 0 aliphatic carbocycles. The Balaban J connectivity index is 2.07. The first-order valence-electron chi connectivity index (χ1n) is 5.96. The standard InChI is InChI=1S/C15H14N2O/c16-9-11-5-1-3-7-13(11)15-17-14-8-4-2-6-12(14)10-18-15/h1-8H,9-10,16H2. The smallest absolute Gasteiger partial charge is 0.221 e. The van der Waals surface area contributed by atoms with E-state index in [2.05, 4.69) is 4.99 Å². The topological polar surface area (TPSA) is 47.6 Å². The van der Waals surface area contributed by atoms with Crippen LogP contribution in [0.4, 0.5) is 5.69 Å². The zero-order valence-corrected chi connectivity index (χ0v) is 9.97. The van der Waals surface area contributed by atoms with E-state index in [0.717, 1.165) is 22.4 Å². The average molecular weight is 238 g/mol. The van der Waals surface area contributed by atoms with Crippen LogP contribution >= 0.6 is 0 Å². The van der Waals surface area contributed by atoms with Crippen LogP contribution in [0.1, 0.15) is 16.7 Å². The van der Waals surface area contributed by atoms with Crippen LogP contribution in [0.5, 0.6) is 0 Å². The molecular weight excluding hydrogens is 224 g/mol. The normalized spacial score (nSPS) is 13.5. The molecule has 0 fully saturated rings. The van der Waals surface area contributed by atoms with E-state index in [4.69, 9.17) is 10.5 Å². The van der Waals surface area contributed by atoms with E-state index in [-0.39, 0.29) is 0 Å². The molecule has 0 amide bonds. The Hall–Kier alpha value is -2.13. The Bertz CT molecular complexity index is 605. The lowest BCUT2D eigenvalue weighted by molar-refractivity contribution is 0.288. The molecule has 1 aliphatic rings. The van der Waals surface area contributed by atoms with Gasteiger partial charge < -0.3 is 10.5 Å². The second kappa shape index (κ2) is 4.63. The molecule has 0 saturated heterocycles. The third-order valence-electron chi connectivity index (χ3n) is 3.05. The first-order valence-corrected chi connectivity index (χ1v) is 5.96. The highest BCUT2D eigenvalue weighted by molar-refractivity contribution is 5.98. The predicted molar refractivity (Wildman–Crippen MR) is 71.8 cm³/mol. The van der Waals surface area contributed by atoms with Gasteiger partial charge in [-0.05, 0) is 17.7 Å². The van der Waals surface area contributed by atoms with E-state index in [1.54, 1.807) is 0 Å². The van der Waals surface area contributed by atoms with Crippen molar-refractivity contribution in [2.45, 2.75) is 13.2 Å². The molecule has 18 heavy (non-hydrogen) atoms. The molecule has 2 aromatic rings. The molecule has 3 nitrogen and oxygen atoms in total. The number of nitrogens with two attached hydrogens (primary N) is 1. The lowest BCUT2D eigenvalue weighted by Gasteiger charge is -2.18. The van der Waals surface area contributed by atoms with Crippen LogP contribution in [0.15, 0.2) is 53.5 Å². The summed E-state index contributed by atoms with van der Waals surface area (Å²) in [5.41, 5.74) is 9.87. The van der Waals surface area contributed by atoms with Gasteiger partial charge in [-0.1, -0.05) is 36.4 Å². The van der Waals surface area contributed by atoms with Crippen molar-refractivity contribution in [3.63, 3.8) is 0 Å². The molecule has 3 heteroatoms. The SMILES string of the molecule is NCc1ccccc1C1=Nc2ccccc2CO1. The van der Waals surface area contributed by atoms with Gasteiger partial charge in [0, 0.05) is 17.7 Å². The van der Waals surface area contributed by atoms with E-state index < -0.39 is 0 Å². The predicted octanol–water partition coefficient (Wildman–Crippen LogP) is 2.75. The summed E-state index contributed by atoms with van der Waals surface area (Å²) in [5, 5.41) is 0. The zero-order chi connectivity index (χ0) is 12.4. The van der Waals surface area contributed by atoms with Gasteiger partial charge in [0.15, 0.2) is 0 Å². The average Bonchev–Trinajstić information content (AvgIpc) is 2.46. The van der Waals surface area contributed by atoms with Crippen molar-refractivity contribution in [3.05, 3.63) is 65.2 Å². The molecule has 0 atom stereocenters. The summed E-state index contributed by atoms with van der Waals surface area (Å²) in [6, 6.07) is 16.0. The Morgan fingerprint density at radius 1 is 1.06 bits per heavy atom. The fourth-order valence-electron chi connectivity index (χ4n) is 2.07. The van der Waals surface area contributed by atoms with Crippen molar-refractivity contribution in [1.29, 1.82) is 0 Å². The van der Waals surface area contributed by atoms with Crippen molar-refractivity contribution in [1.82, 2.24) is 0 Å². The first-order chi connectivity index (χ1) is 8.88. The molecule has 0 saturated carbocycles. The zero-order valence-electron chi connectivity index (χ0n) is 9.97. The fourth-order valence-corrected chi connectivity index (χ4v) is 2.07. The van der Waals surface area contributed by atoms with Gasteiger partial charge in [0.25, 0.3) is 0 Å². The Morgan fingerprint density at radius 2 is 1.83 bits per heavy atom. The van der Waals surface area contributed by atoms with E-state index in [0.29, 0.717) is 19.0 Å². The minimum absolute atomic E-state index is 0.486. The summed E-state index contributed by atoms with van der Waals surface area (Å²) < 4.78 is 5.73. The summed E-state index contributed by atoms with van der Waals surface area (Å²) in [7, 11) is 0. The minimum atomic E-state index is 0.486. The van der Waals surface area contributed by atoms with Crippen LogP contribution in [0.3, 0.4) is 0 Å². The summed E-state index contributed by atoms with van der Waals surface area (Å²) >= 11 is 0. The molecule has 0 unspecified atom stereocenters. The molecule has 0 aromatic heterocycles. The van der Waals surface area contributed by atoms with E-state index >= 15 is 0 Å². The Kier molecular flexibility index (Phi) is 2.82. The van der Waals surface area contributed by atoms with Crippen LogP contribution in [0, 0.1) is 0 Å². The maximum atomic E-state index is 5.74. The van der Waals surface area contributed by atoms with Gasteiger partial charge >= 0.3 is 0 Å². The third kappa shape index (κ3) is 1.89. The van der Waals surface area contributed by atoms with Crippen molar-refractivity contribution in [2.24, 2.45) is 10.7 Å². The number of aliphatic imine (C=N–C) groups is 1. The summed E-state index contributed by atoms with van der Waals surface area (Å²) in [6.45, 7) is 1.05. The highest BCUT2D eigenvalue weighted by Gasteiger charge is 2.15. The monoisotopic (exact) mass is 238 g/mol. The molecule has 0 spiro atoms. The number of fused-ring (bicyclic) bond motifs is 1. The lowest BCUT2D eigenvalue weighted by atomic mass is 10.1. The quantitative estimate of drug-likeness (QED) is 0.874. The van der Waals surface area contributed by atoms with Crippen LogP contribution < -0.4 is 5.73 Å². The van der Waals surface area contributed by atoms with Gasteiger partial charge in [0.05, 0.1) is 5.69 Å². The summed E-state index contributed by atoms with van der Waals surface area (Å²) in [6.07, 6.45) is 0. The maximum Gasteiger partial charge on any atom is 0.221 e. The molecule has 90 valence electrons. The van der Waals surface area contributed by atoms with Gasteiger partial charge in [-0.15, -0.1) is 0 Å². The third-order valence-corrected chi connectivity index (χ3v) is 3.05. The van der Waals surface area contributed by atoms with Gasteiger partial charge in [-0.2, -0.15) is 0 Å². The van der Waals surface area contributed by atoms with Gasteiger partial charge in [-0.25, -0.2) is 4.99 Å². The summed E-state index contributed by atoms with van der Waals surface area (Å²) in [5.74, 6) is 0.662. The number of hydrogen-bond donors (Lipinski definition) is 1. The molecule has 3 rings (SSSR count). The summed E-state index contributed by atoms with van der Waals surface area (Å²) in [4.78, 5) is 4.56. The van der Waals surface area contributed by atoms with E-state index in [9.17, 15) is 0 Å². The Morgan fingerprint density at radius 3 is 2.72 bits per heavy atom. The second-order valence-corrected chi connectivity index (χ2v) is 4.20. The van der Waals surface area contributed by atoms with Crippen LogP contribution in [-0.2, 0) is 17.9 Å². The number of hydrogen-bond acceptors (Lipinski definition) is 3. The lowest BCUT2D eigenvalue weighted by Crippen LogP contribution is -2.14. The molecule has 2 N–H and O–H groups in total. The molecule has 2 aromatic carbocycles. The van der Waals surface area contributed by atoms with E-state index in [1.165, 1.54) is 0 Å². The van der Waals surface area contributed by atoms with Gasteiger partial charge in [0.1, 0.15) is 6.61 Å². The van der Waals surface area contributed by atoms with Crippen molar-refractivity contribution in [2.75, 3.05) is 0 Å². The van der Waals surface area contributed by atoms with Crippen molar-refractivity contribution >= 4 is 11.6 Å². The molecule has 0 radical (unpaired) electrons. The maximum absolute atomic E-state index is 5.74. The van der Waals surface area contributed by atoms with Crippen molar-refractivity contribution < 1.29 is 4.74 Å². The van der Waals surface area contributed by atoms with Crippen LogP contribution in [0.2, 0.25) is 0 Å². The molecule has 1 heterocycles. The first kappa shape index (κ1) is 11.0. The number of rotatable bonds is 2. The number of ether oxygens (including phenoxy) is 1. The van der Waals surface area contributed by atoms with Crippen LogP contribution in [-0.4, -0.2) is 5.90 Å². The minimum Gasteiger partial charge on any atom is -0.472 e. The molecule has 1 aliphatic heterocycles. The number of para-hydroxylation sites is 1. The highest BCUT2D eigenvalue weighted by atomic mass is 16.5.